The van der Waals surface area contributed by atoms with Gasteiger partial charge in [0.1, 0.15) is 18.2 Å². The van der Waals surface area contributed by atoms with E-state index in [0.717, 1.165) is 40.0 Å². The number of hydrogen-bond donors (Lipinski definition) is 0. The normalized spacial score (nSPS) is 14.0. The van der Waals surface area contributed by atoms with E-state index in [9.17, 15) is 9.60 Å². The van der Waals surface area contributed by atoms with Gasteiger partial charge in [0.05, 0.1) is 0 Å². The lowest BCUT2D eigenvalue weighted by Crippen LogP contribution is -2.03. The van der Waals surface area contributed by atoms with Gasteiger partial charge >= 0.3 is 0 Å². The molecule has 0 N–H and O–H groups in total. The lowest BCUT2D eigenvalue weighted by Gasteiger charge is -2.10. The van der Waals surface area contributed by atoms with Gasteiger partial charge in [-0.2, -0.15) is 0 Å². The number of nitrogens with zero attached hydrogens (tertiary/aromatic N) is 1. The molecule has 3 nitrogen and oxygen atoms in total. The molecule has 0 amide bonds. The summed E-state index contributed by atoms with van der Waals surface area (Å²) in [6, 6.07) is 12.1. The molecule has 0 radical (unpaired) electrons. The van der Waals surface area contributed by atoms with E-state index in [1.807, 2.05) is 24.3 Å². The zero-order valence-electron chi connectivity index (χ0n) is 11.6. The summed E-state index contributed by atoms with van der Waals surface area (Å²) in [7, 11) is 0. The Bertz CT molecular complexity index is 682. The van der Waals surface area contributed by atoms with Crippen molar-refractivity contribution < 1.29 is 13.9 Å². The highest BCUT2D eigenvalue weighted by atomic mass is 19.1. The van der Waals surface area contributed by atoms with Crippen LogP contribution in [0.5, 0.6) is 5.75 Å². The molecule has 2 aromatic carbocycles. The number of aryl methyl sites for hydroxylation is 1. The molecule has 21 heavy (non-hydrogen) atoms. The molecule has 4 heteroatoms. The maximum absolute atomic E-state index is 13.1. The van der Waals surface area contributed by atoms with Gasteiger partial charge in [-0.25, -0.2) is 9.13 Å². The molecule has 0 saturated heterocycles. The Morgan fingerprint density at radius 2 is 2.05 bits per heavy atom. The number of benzene rings is 2. The van der Waals surface area contributed by atoms with Crippen LogP contribution in [0, 0.1) is 11.0 Å². The summed E-state index contributed by atoms with van der Waals surface area (Å²) in [5.74, 6) is 0.487. The van der Waals surface area contributed by atoms with Crippen molar-refractivity contribution in [1.29, 1.82) is 0 Å². The summed E-state index contributed by atoms with van der Waals surface area (Å²) in [6.07, 6.45) is 3.25. The Labute approximate surface area is 122 Å². The zero-order valence-corrected chi connectivity index (χ0v) is 11.6. The largest absolute Gasteiger partial charge is 0.624 e. The molecule has 1 aliphatic heterocycles. The van der Waals surface area contributed by atoms with Gasteiger partial charge in [0.2, 0.25) is 0 Å². The standard InChI is InChI=1S/C17H16FNO2/c18-16-5-1-3-13(9-16)12-21-17-7-6-15-11-19(20)8-2-4-14(15)10-17/h1,3,5-10H,2,4,11-12H2. The summed E-state index contributed by atoms with van der Waals surface area (Å²) >= 11 is 0. The van der Waals surface area contributed by atoms with Crippen LogP contribution in [0.2, 0.25) is 0 Å². The summed E-state index contributed by atoms with van der Waals surface area (Å²) < 4.78 is 19.8. The second-order valence-electron chi connectivity index (χ2n) is 5.15. The number of fused-ring (bicyclic) bond motifs is 1. The van der Waals surface area contributed by atoms with E-state index < -0.39 is 0 Å². The Balaban J connectivity index is 1.71. The first-order chi connectivity index (χ1) is 10.2. The molecule has 108 valence electrons. The Kier molecular flexibility index (Phi) is 3.86. The van der Waals surface area contributed by atoms with Gasteiger partial charge in [0.15, 0.2) is 12.8 Å². The molecule has 1 heterocycles. The van der Waals surface area contributed by atoms with Crippen molar-refractivity contribution in [3.63, 3.8) is 0 Å². The monoisotopic (exact) mass is 285 g/mol. The van der Waals surface area contributed by atoms with Gasteiger partial charge in [0.25, 0.3) is 0 Å². The first kappa shape index (κ1) is 13.6. The number of ether oxygens (including phenoxy) is 1. The SMILES string of the molecule is [O-][N+]1=CCCc2cc(OCc3cccc(F)c3)ccc2C1. The Morgan fingerprint density at radius 1 is 1.14 bits per heavy atom. The van der Waals surface area contributed by atoms with Crippen LogP contribution in [0.4, 0.5) is 4.39 Å². The van der Waals surface area contributed by atoms with Crippen molar-refractivity contribution in [3.05, 3.63) is 70.2 Å². The first-order valence-electron chi connectivity index (χ1n) is 6.97. The van der Waals surface area contributed by atoms with E-state index in [0.29, 0.717) is 13.2 Å². The maximum atomic E-state index is 13.1. The highest BCUT2D eigenvalue weighted by Crippen LogP contribution is 2.22. The van der Waals surface area contributed by atoms with E-state index in [4.69, 9.17) is 4.74 Å². The molecule has 0 fully saturated rings. The van der Waals surface area contributed by atoms with E-state index in [-0.39, 0.29) is 5.82 Å². The number of hydroxylamine groups is 1. The minimum atomic E-state index is -0.260. The Hall–Kier alpha value is -2.36. The van der Waals surface area contributed by atoms with Crippen molar-refractivity contribution >= 4 is 6.21 Å². The molecule has 0 unspecified atom stereocenters. The minimum absolute atomic E-state index is 0.260. The number of hydrogen-bond acceptors (Lipinski definition) is 2. The highest BCUT2D eigenvalue weighted by molar-refractivity contribution is 5.53. The molecule has 0 bridgehead atoms. The van der Waals surface area contributed by atoms with Gasteiger partial charge in [-0.15, -0.1) is 0 Å². The van der Waals surface area contributed by atoms with Gasteiger partial charge in [-0.3, -0.25) is 0 Å². The quantitative estimate of drug-likeness (QED) is 0.639. The summed E-state index contributed by atoms with van der Waals surface area (Å²) in [6.45, 7) is 0.718. The second-order valence-corrected chi connectivity index (χ2v) is 5.15. The lowest BCUT2D eigenvalue weighted by molar-refractivity contribution is -0.470. The minimum Gasteiger partial charge on any atom is -0.624 e. The van der Waals surface area contributed by atoms with Crippen molar-refractivity contribution in [2.45, 2.75) is 26.0 Å². The third-order valence-corrected chi connectivity index (χ3v) is 3.54. The predicted octanol–water partition coefficient (Wildman–Crippen LogP) is 3.43. The van der Waals surface area contributed by atoms with E-state index >= 15 is 0 Å². The highest BCUT2D eigenvalue weighted by Gasteiger charge is 2.12. The van der Waals surface area contributed by atoms with Crippen LogP contribution in [-0.2, 0) is 19.6 Å². The number of halogens is 1. The molecule has 3 rings (SSSR count). The molecular formula is C17H16FNO2. The molecule has 0 saturated carbocycles. The topological polar surface area (TPSA) is 35.3 Å². The molecule has 2 aromatic rings. The van der Waals surface area contributed by atoms with Gasteiger partial charge in [-0.1, -0.05) is 12.1 Å². The summed E-state index contributed by atoms with van der Waals surface area (Å²) in [4.78, 5) is 0. The average molecular weight is 285 g/mol. The van der Waals surface area contributed by atoms with E-state index in [2.05, 4.69) is 0 Å². The van der Waals surface area contributed by atoms with Crippen LogP contribution in [-0.4, -0.2) is 11.0 Å². The van der Waals surface area contributed by atoms with E-state index in [1.165, 1.54) is 12.1 Å². The molecular weight excluding hydrogens is 269 g/mol. The van der Waals surface area contributed by atoms with E-state index in [1.54, 1.807) is 12.3 Å². The van der Waals surface area contributed by atoms with Crippen LogP contribution in [0.15, 0.2) is 42.5 Å². The molecule has 1 aliphatic rings. The number of rotatable bonds is 3. The molecule has 0 aliphatic carbocycles. The maximum Gasteiger partial charge on any atom is 0.178 e. The third-order valence-electron chi connectivity index (χ3n) is 3.54. The molecule has 0 aromatic heterocycles. The summed E-state index contributed by atoms with van der Waals surface area (Å²) in [5, 5.41) is 11.5. The second kappa shape index (κ2) is 5.95. The Morgan fingerprint density at radius 3 is 2.90 bits per heavy atom. The average Bonchev–Trinajstić information content (AvgIpc) is 2.65. The summed E-state index contributed by atoms with van der Waals surface area (Å²) in [5.41, 5.74) is 2.97. The van der Waals surface area contributed by atoms with Crippen LogP contribution in [0.3, 0.4) is 0 Å². The van der Waals surface area contributed by atoms with Gasteiger partial charge in [-0.05, 0) is 47.9 Å². The fourth-order valence-electron chi connectivity index (χ4n) is 2.47. The predicted molar refractivity (Wildman–Crippen MR) is 78.9 cm³/mol. The van der Waals surface area contributed by atoms with Crippen molar-refractivity contribution in [1.82, 2.24) is 0 Å². The van der Waals surface area contributed by atoms with Crippen LogP contribution in [0.1, 0.15) is 23.1 Å². The molecule has 0 spiro atoms. The van der Waals surface area contributed by atoms with Crippen molar-refractivity contribution in [2.24, 2.45) is 0 Å². The smallest absolute Gasteiger partial charge is 0.178 e. The fraction of sp³-hybridized carbons (Fsp3) is 0.235. The zero-order chi connectivity index (χ0) is 14.7. The van der Waals surface area contributed by atoms with Crippen molar-refractivity contribution in [3.8, 4) is 5.75 Å². The van der Waals surface area contributed by atoms with Gasteiger partial charge in [0, 0.05) is 12.0 Å². The molecule has 0 atom stereocenters. The van der Waals surface area contributed by atoms with Crippen molar-refractivity contribution in [2.75, 3.05) is 0 Å². The van der Waals surface area contributed by atoms with Crippen LogP contribution in [0.25, 0.3) is 0 Å². The lowest BCUT2D eigenvalue weighted by atomic mass is 10.0. The first-order valence-corrected chi connectivity index (χ1v) is 6.97. The fourth-order valence-corrected chi connectivity index (χ4v) is 2.47. The van der Waals surface area contributed by atoms with Crippen LogP contribution < -0.4 is 4.74 Å². The third kappa shape index (κ3) is 3.40. The van der Waals surface area contributed by atoms with Crippen LogP contribution >= 0.6 is 0 Å². The van der Waals surface area contributed by atoms with Gasteiger partial charge < -0.3 is 9.94 Å².